The molecule has 0 spiro atoms. The third kappa shape index (κ3) is 2.82. The Kier molecular flexibility index (Phi) is 3.73. The van der Waals surface area contributed by atoms with Gasteiger partial charge in [-0.25, -0.2) is 9.97 Å². The van der Waals surface area contributed by atoms with E-state index in [1.807, 2.05) is 6.20 Å². The molecule has 2 unspecified atom stereocenters. The number of nitrogens with zero attached hydrogens (tertiary/aromatic N) is 6. The highest BCUT2D eigenvalue weighted by Gasteiger charge is 2.40. The highest BCUT2D eigenvalue weighted by molar-refractivity contribution is 5.46. The van der Waals surface area contributed by atoms with E-state index in [1.54, 1.807) is 6.33 Å². The molecule has 2 saturated heterocycles. The van der Waals surface area contributed by atoms with Crippen molar-refractivity contribution < 1.29 is 0 Å². The predicted octanol–water partition coefficient (Wildman–Crippen LogP) is 1.89. The van der Waals surface area contributed by atoms with E-state index in [9.17, 15) is 0 Å². The van der Waals surface area contributed by atoms with Crippen molar-refractivity contribution in [3.05, 3.63) is 35.5 Å². The second kappa shape index (κ2) is 6.09. The van der Waals surface area contributed by atoms with Gasteiger partial charge in [-0.05, 0) is 44.1 Å². The van der Waals surface area contributed by atoms with Crippen molar-refractivity contribution in [2.75, 3.05) is 31.1 Å². The smallest absolute Gasteiger partial charge is 0.134 e. The lowest BCUT2D eigenvalue weighted by atomic mass is 10.0. The molecule has 5 heterocycles. The number of anilines is 1. The van der Waals surface area contributed by atoms with Gasteiger partial charge in [-0.2, -0.15) is 5.10 Å². The molecule has 0 aromatic carbocycles. The average Bonchev–Trinajstić information content (AvgIpc) is 3.27. The number of aromatic nitrogens is 4. The number of hydrogen-bond acceptors (Lipinski definition) is 5. The molecule has 25 heavy (non-hydrogen) atoms. The summed E-state index contributed by atoms with van der Waals surface area (Å²) in [5, 5.41) is 4.83. The van der Waals surface area contributed by atoms with Gasteiger partial charge in [0.2, 0.25) is 0 Å². The van der Waals surface area contributed by atoms with Gasteiger partial charge in [0.05, 0.1) is 5.69 Å². The molecule has 0 bridgehead atoms. The van der Waals surface area contributed by atoms with Crippen molar-refractivity contribution in [2.45, 2.75) is 39.3 Å². The average molecular weight is 338 g/mol. The van der Waals surface area contributed by atoms with E-state index in [0.29, 0.717) is 0 Å². The molecule has 0 saturated carbocycles. The van der Waals surface area contributed by atoms with Crippen LogP contribution < -0.4 is 4.90 Å². The van der Waals surface area contributed by atoms with Crippen LogP contribution in [0.2, 0.25) is 0 Å². The number of likely N-dealkylation sites (tertiary alicyclic amines) is 1. The summed E-state index contributed by atoms with van der Waals surface area (Å²) >= 11 is 0. The molecule has 0 aliphatic carbocycles. The zero-order chi connectivity index (χ0) is 16.8. The molecule has 0 N–H and O–H groups in total. The molecular formula is C19H26N6. The number of hydrogen-bond donors (Lipinski definition) is 0. The fraction of sp³-hybridized carbons (Fsp3) is 0.632. The Morgan fingerprint density at radius 2 is 1.96 bits per heavy atom. The molecule has 0 amide bonds. The largest absolute Gasteiger partial charge is 0.356 e. The van der Waals surface area contributed by atoms with Crippen molar-refractivity contribution in [2.24, 2.45) is 11.8 Å². The zero-order valence-electron chi connectivity index (χ0n) is 14.9. The van der Waals surface area contributed by atoms with E-state index in [4.69, 9.17) is 5.10 Å². The first-order valence-corrected chi connectivity index (χ1v) is 9.56. The van der Waals surface area contributed by atoms with E-state index >= 15 is 0 Å². The summed E-state index contributed by atoms with van der Waals surface area (Å²) in [5.74, 6) is 2.64. The van der Waals surface area contributed by atoms with E-state index in [2.05, 4.69) is 37.4 Å². The van der Waals surface area contributed by atoms with Gasteiger partial charge in [0.1, 0.15) is 12.1 Å². The molecule has 2 aromatic heterocycles. The van der Waals surface area contributed by atoms with Gasteiger partial charge in [-0.1, -0.05) is 0 Å². The third-order valence-electron chi connectivity index (χ3n) is 6.08. The summed E-state index contributed by atoms with van der Waals surface area (Å²) in [6, 6.07) is 2.34. The summed E-state index contributed by atoms with van der Waals surface area (Å²) in [6.45, 7) is 8.85. The van der Waals surface area contributed by atoms with Crippen LogP contribution in [0.4, 0.5) is 5.82 Å². The van der Waals surface area contributed by atoms with Crippen molar-refractivity contribution in [3.63, 3.8) is 0 Å². The first kappa shape index (κ1) is 15.3. The SMILES string of the molecule is Cc1cncnc1N1CC2CN(Cc3cc4n(n3)CCCC4)CC2C1. The van der Waals surface area contributed by atoms with Crippen LogP contribution in [-0.4, -0.2) is 50.8 Å². The van der Waals surface area contributed by atoms with Gasteiger partial charge >= 0.3 is 0 Å². The van der Waals surface area contributed by atoms with E-state index in [-0.39, 0.29) is 0 Å². The van der Waals surface area contributed by atoms with Gasteiger partial charge in [0.15, 0.2) is 0 Å². The highest BCUT2D eigenvalue weighted by Crippen LogP contribution is 2.34. The molecule has 3 aliphatic heterocycles. The summed E-state index contributed by atoms with van der Waals surface area (Å²) < 4.78 is 2.23. The summed E-state index contributed by atoms with van der Waals surface area (Å²) in [6.07, 6.45) is 7.38. The molecule has 0 radical (unpaired) electrons. The van der Waals surface area contributed by atoms with Crippen LogP contribution in [0.15, 0.2) is 18.6 Å². The fourth-order valence-electron chi connectivity index (χ4n) is 4.90. The summed E-state index contributed by atoms with van der Waals surface area (Å²) in [4.78, 5) is 13.7. The Hall–Kier alpha value is -1.95. The van der Waals surface area contributed by atoms with Crippen molar-refractivity contribution in [3.8, 4) is 0 Å². The molecule has 2 aromatic rings. The third-order valence-corrected chi connectivity index (χ3v) is 6.08. The van der Waals surface area contributed by atoms with Gasteiger partial charge in [-0.3, -0.25) is 9.58 Å². The number of fused-ring (bicyclic) bond motifs is 2. The standard InChI is InChI=1S/C19H26N6/c1-14-7-20-13-21-19(14)24-10-15-8-23(9-16(15)11-24)12-17-6-18-4-2-3-5-25(18)22-17/h6-7,13,15-16H,2-5,8-12H2,1H3. The Balaban J connectivity index is 1.22. The van der Waals surface area contributed by atoms with Crippen LogP contribution >= 0.6 is 0 Å². The lowest BCUT2D eigenvalue weighted by Gasteiger charge is -2.22. The van der Waals surface area contributed by atoms with Crippen molar-refractivity contribution in [1.29, 1.82) is 0 Å². The first-order chi connectivity index (χ1) is 12.3. The quantitative estimate of drug-likeness (QED) is 0.855. The van der Waals surface area contributed by atoms with E-state index in [1.165, 1.54) is 49.3 Å². The van der Waals surface area contributed by atoms with Crippen LogP contribution in [0.1, 0.15) is 29.8 Å². The second-order valence-corrected chi connectivity index (χ2v) is 7.96. The molecule has 2 fully saturated rings. The molecule has 2 atom stereocenters. The predicted molar refractivity (Wildman–Crippen MR) is 96.4 cm³/mol. The first-order valence-electron chi connectivity index (χ1n) is 9.56. The number of rotatable bonds is 3. The van der Waals surface area contributed by atoms with Crippen molar-refractivity contribution in [1.82, 2.24) is 24.6 Å². The molecule has 6 heteroatoms. The van der Waals surface area contributed by atoms with Gasteiger partial charge < -0.3 is 4.90 Å². The van der Waals surface area contributed by atoms with Crippen molar-refractivity contribution >= 4 is 5.82 Å². The maximum atomic E-state index is 4.83. The lowest BCUT2D eigenvalue weighted by molar-refractivity contribution is 0.303. The van der Waals surface area contributed by atoms with E-state index in [0.717, 1.165) is 43.8 Å². The lowest BCUT2D eigenvalue weighted by Crippen LogP contribution is -2.29. The Bertz CT molecular complexity index is 732. The molecule has 3 aliphatic rings. The minimum absolute atomic E-state index is 0.756. The molecule has 5 rings (SSSR count). The van der Waals surface area contributed by atoms with E-state index < -0.39 is 0 Å². The molecule has 132 valence electrons. The molecule has 6 nitrogen and oxygen atoms in total. The zero-order valence-corrected chi connectivity index (χ0v) is 14.9. The Labute approximate surface area is 148 Å². The topological polar surface area (TPSA) is 50.1 Å². The highest BCUT2D eigenvalue weighted by atomic mass is 15.3. The van der Waals surface area contributed by atoms with Crippen LogP contribution in [0.25, 0.3) is 0 Å². The maximum Gasteiger partial charge on any atom is 0.134 e. The van der Waals surface area contributed by atoms with Gasteiger partial charge in [0.25, 0.3) is 0 Å². The Morgan fingerprint density at radius 1 is 1.12 bits per heavy atom. The molecular weight excluding hydrogens is 312 g/mol. The van der Waals surface area contributed by atoms with Crippen LogP contribution in [0.5, 0.6) is 0 Å². The monoisotopic (exact) mass is 338 g/mol. The van der Waals surface area contributed by atoms with Crippen LogP contribution in [-0.2, 0) is 19.5 Å². The normalized spacial score (nSPS) is 26.0. The minimum Gasteiger partial charge on any atom is -0.356 e. The second-order valence-electron chi connectivity index (χ2n) is 7.96. The van der Waals surface area contributed by atoms with Gasteiger partial charge in [-0.15, -0.1) is 0 Å². The maximum absolute atomic E-state index is 4.83. The summed E-state index contributed by atoms with van der Waals surface area (Å²) in [5.41, 5.74) is 3.88. The summed E-state index contributed by atoms with van der Waals surface area (Å²) in [7, 11) is 0. The van der Waals surface area contributed by atoms with Gasteiger partial charge in [0, 0.05) is 56.7 Å². The number of aryl methyl sites for hydroxylation is 3. The Morgan fingerprint density at radius 3 is 2.72 bits per heavy atom. The van der Waals surface area contributed by atoms with Crippen LogP contribution in [0, 0.1) is 18.8 Å². The van der Waals surface area contributed by atoms with Crippen LogP contribution in [0.3, 0.4) is 0 Å². The fourth-order valence-corrected chi connectivity index (χ4v) is 4.90. The minimum atomic E-state index is 0.756.